The van der Waals surface area contributed by atoms with Gasteiger partial charge in [0.25, 0.3) is 0 Å². The van der Waals surface area contributed by atoms with E-state index in [1.54, 1.807) is 26.0 Å². The Labute approximate surface area is 87.2 Å². The molecule has 0 amide bonds. The summed E-state index contributed by atoms with van der Waals surface area (Å²) < 4.78 is 23.1. The Morgan fingerprint density at radius 2 is 2.33 bits per heavy atom. The molecular formula is C10H14FNO3. The number of esters is 1. The molecule has 1 aromatic heterocycles. The summed E-state index contributed by atoms with van der Waals surface area (Å²) in [6, 6.07) is 2.09. The lowest BCUT2D eigenvalue weighted by molar-refractivity contribution is -0.150. The molecule has 0 fully saturated rings. The average Bonchev–Trinajstić information content (AvgIpc) is 2.63. The molecule has 0 saturated heterocycles. The molecule has 0 radical (unpaired) electrons. The largest absolute Gasteiger partial charge is 0.465 e. The maximum absolute atomic E-state index is 13.4. The fourth-order valence-electron chi connectivity index (χ4n) is 1.15. The normalized spacial score (nSPS) is 14.7. The molecule has 0 saturated carbocycles. The fraction of sp³-hybridized carbons (Fsp3) is 0.500. The molecule has 1 aromatic rings. The number of nitrogens with two attached hydrogens (primary N) is 1. The highest BCUT2D eigenvalue weighted by Crippen LogP contribution is 2.20. The molecule has 0 aliphatic rings. The number of hydrogen-bond acceptors (Lipinski definition) is 4. The maximum Gasteiger partial charge on any atom is 0.342 e. The quantitative estimate of drug-likeness (QED) is 0.773. The Kier molecular flexibility index (Phi) is 3.85. The van der Waals surface area contributed by atoms with Crippen LogP contribution >= 0.6 is 0 Å². The number of furan rings is 1. The number of halogens is 1. The van der Waals surface area contributed by atoms with Gasteiger partial charge in [0.15, 0.2) is 0 Å². The molecule has 5 heteroatoms. The summed E-state index contributed by atoms with van der Waals surface area (Å²) in [7, 11) is 0. The van der Waals surface area contributed by atoms with Crippen LogP contribution in [0.25, 0.3) is 0 Å². The van der Waals surface area contributed by atoms with Crippen molar-refractivity contribution in [2.24, 2.45) is 5.73 Å². The predicted octanol–water partition coefficient (Wildman–Crippen LogP) is 1.49. The Hall–Kier alpha value is -1.36. The Morgan fingerprint density at radius 3 is 2.80 bits per heavy atom. The van der Waals surface area contributed by atoms with E-state index >= 15 is 0 Å². The Balaban J connectivity index is 2.67. The van der Waals surface area contributed by atoms with Crippen molar-refractivity contribution in [3.05, 3.63) is 23.7 Å². The first kappa shape index (κ1) is 11.7. The van der Waals surface area contributed by atoms with Crippen molar-refractivity contribution in [3.63, 3.8) is 0 Å². The number of alkyl halides is 1. The van der Waals surface area contributed by atoms with Gasteiger partial charge in [-0.1, -0.05) is 0 Å². The lowest BCUT2D eigenvalue weighted by Gasteiger charge is -2.12. The van der Waals surface area contributed by atoms with E-state index in [2.05, 4.69) is 4.74 Å². The second-order valence-electron chi connectivity index (χ2n) is 3.13. The summed E-state index contributed by atoms with van der Waals surface area (Å²) in [5, 5.41) is 0. The van der Waals surface area contributed by atoms with Gasteiger partial charge in [-0.25, -0.2) is 9.18 Å². The van der Waals surface area contributed by atoms with Gasteiger partial charge >= 0.3 is 5.97 Å². The van der Waals surface area contributed by atoms with Crippen LogP contribution in [0.5, 0.6) is 0 Å². The topological polar surface area (TPSA) is 65.5 Å². The molecule has 0 spiro atoms. The van der Waals surface area contributed by atoms with Crippen LogP contribution in [0.2, 0.25) is 0 Å². The van der Waals surface area contributed by atoms with Gasteiger partial charge in [0.05, 0.1) is 6.61 Å². The minimum Gasteiger partial charge on any atom is -0.465 e. The van der Waals surface area contributed by atoms with E-state index in [-0.39, 0.29) is 12.4 Å². The minimum atomic E-state index is -1.89. The van der Waals surface area contributed by atoms with E-state index in [0.29, 0.717) is 5.76 Å². The van der Waals surface area contributed by atoms with E-state index in [4.69, 9.17) is 10.2 Å². The first-order chi connectivity index (χ1) is 7.06. The molecule has 0 aromatic carbocycles. The van der Waals surface area contributed by atoms with Crippen molar-refractivity contribution >= 4 is 5.97 Å². The molecule has 15 heavy (non-hydrogen) atoms. The zero-order valence-electron chi connectivity index (χ0n) is 8.70. The summed E-state index contributed by atoms with van der Waals surface area (Å²) in [4.78, 5) is 11.0. The zero-order chi connectivity index (χ0) is 11.4. The van der Waals surface area contributed by atoms with Crippen molar-refractivity contribution in [3.8, 4) is 0 Å². The average molecular weight is 215 g/mol. The Morgan fingerprint density at radius 1 is 1.67 bits per heavy atom. The first-order valence-electron chi connectivity index (χ1n) is 4.69. The van der Waals surface area contributed by atoms with Crippen LogP contribution in [0.1, 0.15) is 24.5 Å². The van der Waals surface area contributed by atoms with E-state index in [1.165, 1.54) is 0 Å². The molecular weight excluding hydrogens is 201 g/mol. The summed E-state index contributed by atoms with van der Waals surface area (Å²) in [5.41, 5.74) is 5.51. The number of aryl methyl sites for hydroxylation is 1. The fourth-order valence-corrected chi connectivity index (χ4v) is 1.15. The lowest BCUT2D eigenvalue weighted by atomic mass is 10.1. The van der Waals surface area contributed by atoms with Crippen molar-refractivity contribution in [1.82, 2.24) is 0 Å². The second kappa shape index (κ2) is 4.93. The molecule has 1 heterocycles. The predicted molar refractivity (Wildman–Crippen MR) is 51.9 cm³/mol. The van der Waals surface area contributed by atoms with E-state index in [9.17, 15) is 9.18 Å². The highest BCUT2D eigenvalue weighted by atomic mass is 19.1. The molecule has 0 bridgehead atoms. The van der Waals surface area contributed by atoms with Crippen LogP contribution in [-0.2, 0) is 9.53 Å². The summed E-state index contributed by atoms with van der Waals surface area (Å²) in [5.74, 6) is -0.0939. The minimum absolute atomic E-state index is 0.128. The third-order valence-corrected chi connectivity index (χ3v) is 1.92. The smallest absolute Gasteiger partial charge is 0.342 e. The van der Waals surface area contributed by atoms with Gasteiger partial charge in [0.2, 0.25) is 6.17 Å². The molecule has 1 rings (SSSR count). The van der Waals surface area contributed by atoms with Crippen LogP contribution in [-0.4, -0.2) is 18.7 Å². The molecule has 1 unspecified atom stereocenters. The van der Waals surface area contributed by atoms with Gasteiger partial charge in [-0.15, -0.1) is 0 Å². The molecule has 0 aliphatic carbocycles. The molecule has 84 valence electrons. The van der Waals surface area contributed by atoms with E-state index in [1.807, 2.05) is 0 Å². The first-order valence-corrected chi connectivity index (χ1v) is 4.69. The molecule has 2 N–H and O–H groups in total. The van der Waals surface area contributed by atoms with Gasteiger partial charge in [-0.05, 0) is 26.0 Å². The van der Waals surface area contributed by atoms with Gasteiger partial charge < -0.3 is 14.9 Å². The SMILES string of the molecule is CCOC(=O)C(F)[C@H](N)c1ccc(C)o1. The van der Waals surface area contributed by atoms with Crippen LogP contribution < -0.4 is 5.73 Å². The second-order valence-corrected chi connectivity index (χ2v) is 3.13. The number of carbonyl (C=O) groups excluding carboxylic acids is 1. The zero-order valence-corrected chi connectivity index (χ0v) is 8.70. The third-order valence-electron chi connectivity index (χ3n) is 1.92. The van der Waals surface area contributed by atoms with Gasteiger partial charge in [0, 0.05) is 0 Å². The van der Waals surface area contributed by atoms with Crippen molar-refractivity contribution < 1.29 is 18.3 Å². The standard InChI is InChI=1S/C10H14FNO3/c1-3-14-10(13)8(11)9(12)7-5-4-6(2)15-7/h4-5,8-9H,3,12H2,1-2H3/t8?,9-/m1/s1. The Bertz CT molecular complexity index is 337. The number of carbonyl (C=O) groups is 1. The van der Waals surface area contributed by atoms with E-state index < -0.39 is 18.2 Å². The van der Waals surface area contributed by atoms with Crippen molar-refractivity contribution in [2.45, 2.75) is 26.1 Å². The molecule has 0 aliphatic heterocycles. The van der Waals surface area contributed by atoms with Crippen LogP contribution in [0.15, 0.2) is 16.5 Å². The van der Waals surface area contributed by atoms with Crippen LogP contribution in [0.4, 0.5) is 4.39 Å². The highest BCUT2D eigenvalue weighted by molar-refractivity contribution is 5.75. The van der Waals surface area contributed by atoms with Crippen molar-refractivity contribution in [1.29, 1.82) is 0 Å². The summed E-state index contributed by atoms with van der Waals surface area (Å²) in [6.45, 7) is 3.45. The molecule has 4 nitrogen and oxygen atoms in total. The van der Waals surface area contributed by atoms with Crippen LogP contribution in [0, 0.1) is 6.92 Å². The lowest BCUT2D eigenvalue weighted by Crippen LogP contribution is -2.31. The molecule has 2 atom stereocenters. The van der Waals surface area contributed by atoms with Gasteiger partial charge in [-0.3, -0.25) is 0 Å². The van der Waals surface area contributed by atoms with Crippen molar-refractivity contribution in [2.75, 3.05) is 6.61 Å². The monoisotopic (exact) mass is 215 g/mol. The third kappa shape index (κ3) is 2.79. The number of ether oxygens (including phenoxy) is 1. The van der Waals surface area contributed by atoms with Gasteiger partial charge in [0.1, 0.15) is 17.6 Å². The van der Waals surface area contributed by atoms with E-state index in [0.717, 1.165) is 0 Å². The summed E-state index contributed by atoms with van der Waals surface area (Å²) >= 11 is 0. The number of hydrogen-bond donors (Lipinski definition) is 1. The highest BCUT2D eigenvalue weighted by Gasteiger charge is 2.29. The number of rotatable bonds is 4. The van der Waals surface area contributed by atoms with Crippen LogP contribution in [0.3, 0.4) is 0 Å². The maximum atomic E-state index is 13.4. The summed E-state index contributed by atoms with van der Waals surface area (Å²) in [6.07, 6.45) is -1.89. The van der Waals surface area contributed by atoms with Gasteiger partial charge in [-0.2, -0.15) is 0 Å².